The van der Waals surface area contributed by atoms with Gasteiger partial charge in [0.15, 0.2) is 0 Å². The van der Waals surface area contributed by atoms with Gasteiger partial charge in [0, 0.05) is 30.2 Å². The number of nitrogens with one attached hydrogen (secondary N) is 2. The van der Waals surface area contributed by atoms with Gasteiger partial charge in [-0.05, 0) is 42.0 Å². The Morgan fingerprint density at radius 2 is 1.62 bits per heavy atom. The molecule has 5 nitrogen and oxygen atoms in total. The summed E-state index contributed by atoms with van der Waals surface area (Å²) in [6.45, 7) is 5.33. The first-order valence-electron chi connectivity index (χ1n) is 9.04. The quantitative estimate of drug-likeness (QED) is 0.636. The molecule has 0 aromatic heterocycles. The van der Waals surface area contributed by atoms with E-state index in [1.807, 2.05) is 43.3 Å². The molecule has 7 heteroatoms. The standard InChI is InChI=1S/C22H25Cl2N3O2/c1-22(2,3)21(29)26-19(12-14-6-9-16(10-7-14)27(4)5)20(28)25-18-11-8-15(23)13-17(18)24/h6-13H,1-5H3,(H,25,28)(H,26,29)/b19-12+. The van der Waals surface area contributed by atoms with Crippen LogP contribution in [0.15, 0.2) is 48.2 Å². The van der Waals surface area contributed by atoms with Gasteiger partial charge in [0.25, 0.3) is 5.91 Å². The number of benzene rings is 2. The Kier molecular flexibility index (Phi) is 7.33. The van der Waals surface area contributed by atoms with Crippen molar-refractivity contribution in [3.05, 3.63) is 63.8 Å². The highest BCUT2D eigenvalue weighted by Crippen LogP contribution is 2.26. The average Bonchev–Trinajstić information content (AvgIpc) is 2.63. The molecule has 0 saturated heterocycles. The summed E-state index contributed by atoms with van der Waals surface area (Å²) >= 11 is 12.1. The van der Waals surface area contributed by atoms with Crippen LogP contribution in [0, 0.1) is 5.41 Å². The SMILES string of the molecule is CN(C)c1ccc(/C=C(/NC(=O)C(C)(C)C)C(=O)Nc2ccc(Cl)cc2Cl)cc1. The molecule has 2 N–H and O–H groups in total. The van der Waals surface area contributed by atoms with Gasteiger partial charge in [0.2, 0.25) is 5.91 Å². The minimum Gasteiger partial charge on any atom is -0.378 e. The zero-order chi connectivity index (χ0) is 21.8. The molecule has 0 aliphatic carbocycles. The first-order valence-corrected chi connectivity index (χ1v) is 9.80. The van der Waals surface area contributed by atoms with E-state index in [1.165, 1.54) is 6.07 Å². The third-order valence-electron chi connectivity index (χ3n) is 4.07. The molecule has 2 aromatic rings. The van der Waals surface area contributed by atoms with Crippen molar-refractivity contribution in [3.8, 4) is 0 Å². The highest BCUT2D eigenvalue weighted by atomic mass is 35.5. The zero-order valence-corrected chi connectivity index (χ0v) is 18.7. The van der Waals surface area contributed by atoms with E-state index in [0.29, 0.717) is 15.7 Å². The summed E-state index contributed by atoms with van der Waals surface area (Å²) in [4.78, 5) is 27.4. The maximum atomic E-state index is 12.9. The van der Waals surface area contributed by atoms with Gasteiger partial charge in [-0.2, -0.15) is 0 Å². The van der Waals surface area contributed by atoms with Crippen molar-refractivity contribution in [3.63, 3.8) is 0 Å². The second kappa shape index (κ2) is 9.33. The zero-order valence-electron chi connectivity index (χ0n) is 17.1. The molecule has 0 aliphatic heterocycles. The molecule has 29 heavy (non-hydrogen) atoms. The summed E-state index contributed by atoms with van der Waals surface area (Å²) in [6.07, 6.45) is 1.63. The van der Waals surface area contributed by atoms with Gasteiger partial charge >= 0.3 is 0 Å². The van der Waals surface area contributed by atoms with Crippen molar-refractivity contribution >= 4 is 52.5 Å². The smallest absolute Gasteiger partial charge is 0.272 e. The topological polar surface area (TPSA) is 61.4 Å². The van der Waals surface area contributed by atoms with Crippen molar-refractivity contribution in [2.75, 3.05) is 24.3 Å². The predicted molar refractivity (Wildman–Crippen MR) is 121 cm³/mol. The molecule has 0 heterocycles. The fourth-order valence-electron chi connectivity index (χ4n) is 2.28. The van der Waals surface area contributed by atoms with Crippen molar-refractivity contribution in [1.29, 1.82) is 0 Å². The number of rotatable bonds is 5. The second-order valence-corrected chi connectivity index (χ2v) is 8.67. The van der Waals surface area contributed by atoms with Crippen molar-refractivity contribution in [2.24, 2.45) is 5.41 Å². The van der Waals surface area contributed by atoms with Crippen LogP contribution in [0.3, 0.4) is 0 Å². The minimum atomic E-state index is -0.661. The molecule has 154 valence electrons. The maximum absolute atomic E-state index is 12.9. The Morgan fingerprint density at radius 1 is 1.00 bits per heavy atom. The van der Waals surface area contributed by atoms with Crippen LogP contribution in [0.4, 0.5) is 11.4 Å². The summed E-state index contributed by atoms with van der Waals surface area (Å²) < 4.78 is 0. The maximum Gasteiger partial charge on any atom is 0.272 e. The van der Waals surface area contributed by atoms with Crippen LogP contribution >= 0.6 is 23.2 Å². The lowest BCUT2D eigenvalue weighted by molar-refractivity contribution is -0.128. The lowest BCUT2D eigenvalue weighted by Gasteiger charge is -2.19. The van der Waals surface area contributed by atoms with E-state index in [4.69, 9.17) is 23.2 Å². The largest absolute Gasteiger partial charge is 0.378 e. The normalized spacial score (nSPS) is 11.8. The monoisotopic (exact) mass is 433 g/mol. The van der Waals surface area contributed by atoms with Crippen LogP contribution < -0.4 is 15.5 Å². The summed E-state index contributed by atoms with van der Waals surface area (Å²) in [5.41, 5.74) is 1.66. The molecule has 0 spiro atoms. The molecule has 2 amide bonds. The number of hydrogen-bond donors (Lipinski definition) is 2. The highest BCUT2D eigenvalue weighted by Gasteiger charge is 2.24. The van der Waals surface area contributed by atoms with E-state index >= 15 is 0 Å². The number of hydrogen-bond acceptors (Lipinski definition) is 3. The predicted octanol–water partition coefficient (Wildman–Crippen LogP) is 5.20. The van der Waals surface area contributed by atoms with Crippen molar-refractivity contribution in [2.45, 2.75) is 20.8 Å². The first kappa shape index (κ1) is 22.8. The summed E-state index contributed by atoms with van der Waals surface area (Å²) in [6, 6.07) is 12.4. The molecule has 0 unspecified atom stereocenters. The molecule has 0 bridgehead atoms. The molecular formula is C22H25Cl2N3O2. The molecule has 0 fully saturated rings. The minimum absolute atomic E-state index is 0.119. The van der Waals surface area contributed by atoms with Crippen molar-refractivity contribution in [1.82, 2.24) is 5.32 Å². The number of halogens is 2. The summed E-state index contributed by atoms with van der Waals surface area (Å²) in [5.74, 6) is -0.755. The third kappa shape index (κ3) is 6.51. The van der Waals surface area contributed by atoms with Gasteiger partial charge in [0.05, 0.1) is 10.7 Å². The lowest BCUT2D eigenvalue weighted by atomic mass is 9.95. The van der Waals surface area contributed by atoms with Crippen LogP contribution in [-0.4, -0.2) is 25.9 Å². The fraction of sp³-hybridized carbons (Fsp3) is 0.273. The van der Waals surface area contributed by atoms with E-state index in [-0.39, 0.29) is 11.6 Å². The highest BCUT2D eigenvalue weighted by molar-refractivity contribution is 6.36. The van der Waals surface area contributed by atoms with E-state index < -0.39 is 11.3 Å². The Hall–Kier alpha value is -2.50. The van der Waals surface area contributed by atoms with Gasteiger partial charge in [0.1, 0.15) is 5.70 Å². The van der Waals surface area contributed by atoms with Crippen molar-refractivity contribution < 1.29 is 9.59 Å². The Bertz CT molecular complexity index is 930. The van der Waals surface area contributed by atoms with E-state index in [1.54, 1.807) is 39.0 Å². The first-order chi connectivity index (χ1) is 13.5. The van der Waals surface area contributed by atoms with E-state index in [9.17, 15) is 9.59 Å². The number of nitrogens with zero attached hydrogens (tertiary/aromatic N) is 1. The molecule has 2 aromatic carbocycles. The molecule has 2 rings (SSSR count). The lowest BCUT2D eigenvalue weighted by Crippen LogP contribution is -2.38. The van der Waals surface area contributed by atoms with Crippen LogP contribution in [0.25, 0.3) is 6.08 Å². The Balaban J connectivity index is 2.35. The van der Waals surface area contributed by atoms with Crippen LogP contribution in [0.2, 0.25) is 10.0 Å². The Labute approximate surface area is 181 Å². The van der Waals surface area contributed by atoms with Gasteiger partial charge in [-0.3, -0.25) is 9.59 Å². The number of carbonyl (C=O) groups excluding carboxylic acids is 2. The Morgan fingerprint density at radius 3 is 2.14 bits per heavy atom. The molecule has 0 aliphatic rings. The van der Waals surface area contributed by atoms with Crippen LogP contribution in [0.1, 0.15) is 26.3 Å². The number of anilines is 2. The fourth-order valence-corrected chi connectivity index (χ4v) is 2.74. The summed E-state index contributed by atoms with van der Waals surface area (Å²) in [5, 5.41) is 6.22. The van der Waals surface area contributed by atoms with Gasteiger partial charge in [-0.1, -0.05) is 56.1 Å². The van der Waals surface area contributed by atoms with Gasteiger partial charge in [-0.15, -0.1) is 0 Å². The molecule has 0 saturated carbocycles. The van der Waals surface area contributed by atoms with E-state index in [0.717, 1.165) is 11.3 Å². The molecule has 0 radical (unpaired) electrons. The van der Waals surface area contributed by atoms with Crippen LogP contribution in [0.5, 0.6) is 0 Å². The number of carbonyl (C=O) groups is 2. The van der Waals surface area contributed by atoms with Gasteiger partial charge < -0.3 is 15.5 Å². The van der Waals surface area contributed by atoms with Gasteiger partial charge in [-0.25, -0.2) is 0 Å². The molecular weight excluding hydrogens is 409 g/mol. The third-order valence-corrected chi connectivity index (χ3v) is 4.62. The van der Waals surface area contributed by atoms with Crippen LogP contribution in [-0.2, 0) is 9.59 Å². The second-order valence-electron chi connectivity index (χ2n) is 7.83. The molecule has 0 atom stereocenters. The van der Waals surface area contributed by atoms with E-state index in [2.05, 4.69) is 10.6 Å². The number of amides is 2. The summed E-state index contributed by atoms with van der Waals surface area (Å²) in [7, 11) is 3.90. The average molecular weight is 434 g/mol.